The Morgan fingerprint density at radius 3 is 2.56 bits per heavy atom. The number of carbonyl (C=O) groups is 2. The average molecular weight is 254 g/mol. The molecular formula is C13H22N2O3. The van der Waals surface area contributed by atoms with Crippen molar-refractivity contribution >= 4 is 12.0 Å². The van der Waals surface area contributed by atoms with Gasteiger partial charge in [-0.05, 0) is 12.3 Å². The highest BCUT2D eigenvalue weighted by Crippen LogP contribution is 2.06. The van der Waals surface area contributed by atoms with Crippen LogP contribution in [0.5, 0.6) is 0 Å². The summed E-state index contributed by atoms with van der Waals surface area (Å²) in [5, 5.41) is 11.4. The van der Waals surface area contributed by atoms with Crippen LogP contribution in [0.2, 0.25) is 0 Å². The number of carboxylic acid groups (broad SMARTS) is 1. The van der Waals surface area contributed by atoms with Crippen molar-refractivity contribution in [3.8, 4) is 12.3 Å². The van der Waals surface area contributed by atoms with Gasteiger partial charge >= 0.3 is 12.0 Å². The second kappa shape index (κ2) is 9.34. The SMILES string of the molecule is C#CCN(CCC)C(=O)NCC(CC)CC(=O)O. The smallest absolute Gasteiger partial charge is 0.318 e. The zero-order valence-electron chi connectivity index (χ0n) is 11.1. The lowest BCUT2D eigenvalue weighted by Gasteiger charge is -2.21. The topological polar surface area (TPSA) is 69.6 Å². The molecule has 0 spiro atoms. The van der Waals surface area contributed by atoms with Crippen molar-refractivity contribution < 1.29 is 14.7 Å². The Morgan fingerprint density at radius 1 is 1.44 bits per heavy atom. The molecule has 0 fully saturated rings. The molecule has 1 atom stereocenters. The van der Waals surface area contributed by atoms with Gasteiger partial charge in [-0.3, -0.25) is 4.79 Å². The highest BCUT2D eigenvalue weighted by Gasteiger charge is 2.15. The molecule has 1 unspecified atom stereocenters. The highest BCUT2D eigenvalue weighted by atomic mass is 16.4. The molecule has 0 aliphatic carbocycles. The van der Waals surface area contributed by atoms with Crippen LogP contribution < -0.4 is 5.32 Å². The van der Waals surface area contributed by atoms with Gasteiger partial charge in [0, 0.05) is 19.5 Å². The summed E-state index contributed by atoms with van der Waals surface area (Å²) in [4.78, 5) is 24.0. The van der Waals surface area contributed by atoms with E-state index in [1.807, 2.05) is 13.8 Å². The summed E-state index contributed by atoms with van der Waals surface area (Å²) in [5.41, 5.74) is 0. The van der Waals surface area contributed by atoms with Crippen molar-refractivity contribution in [1.82, 2.24) is 10.2 Å². The van der Waals surface area contributed by atoms with Gasteiger partial charge in [-0.15, -0.1) is 6.42 Å². The van der Waals surface area contributed by atoms with E-state index in [0.29, 0.717) is 13.1 Å². The fourth-order valence-corrected chi connectivity index (χ4v) is 1.58. The normalized spacial score (nSPS) is 11.4. The van der Waals surface area contributed by atoms with Gasteiger partial charge in [0.15, 0.2) is 0 Å². The highest BCUT2D eigenvalue weighted by molar-refractivity contribution is 5.74. The summed E-state index contributed by atoms with van der Waals surface area (Å²) in [6.07, 6.45) is 6.82. The Balaban J connectivity index is 4.19. The summed E-state index contributed by atoms with van der Waals surface area (Å²) < 4.78 is 0. The number of amides is 2. The van der Waals surface area contributed by atoms with Gasteiger partial charge in [0.1, 0.15) is 0 Å². The number of terminal acetylenes is 1. The molecule has 0 aromatic heterocycles. The van der Waals surface area contributed by atoms with Crippen LogP contribution in [0.4, 0.5) is 4.79 Å². The minimum absolute atomic E-state index is 0.0410. The van der Waals surface area contributed by atoms with Crippen LogP contribution in [0.3, 0.4) is 0 Å². The van der Waals surface area contributed by atoms with Gasteiger partial charge in [0.25, 0.3) is 0 Å². The molecule has 0 rings (SSSR count). The Hall–Kier alpha value is -1.70. The Labute approximate surface area is 109 Å². The lowest BCUT2D eigenvalue weighted by Crippen LogP contribution is -2.42. The Bertz CT molecular complexity index is 310. The second-order valence-corrected chi connectivity index (χ2v) is 4.18. The van der Waals surface area contributed by atoms with E-state index < -0.39 is 5.97 Å². The first-order valence-corrected chi connectivity index (χ1v) is 6.23. The van der Waals surface area contributed by atoms with Crippen molar-refractivity contribution in [2.75, 3.05) is 19.6 Å². The standard InChI is InChI=1S/C13H22N2O3/c1-4-7-15(8-5-2)13(18)14-10-11(6-3)9-12(16)17/h1,11H,5-10H2,2-3H3,(H,14,18)(H,16,17). The van der Waals surface area contributed by atoms with Gasteiger partial charge in [-0.25, -0.2) is 4.79 Å². The summed E-state index contributed by atoms with van der Waals surface area (Å²) in [6, 6.07) is -0.223. The molecule has 2 N–H and O–H groups in total. The van der Waals surface area contributed by atoms with E-state index in [9.17, 15) is 9.59 Å². The quantitative estimate of drug-likeness (QED) is 0.646. The van der Waals surface area contributed by atoms with E-state index in [1.165, 1.54) is 0 Å². The van der Waals surface area contributed by atoms with Gasteiger partial charge < -0.3 is 15.3 Å². The zero-order chi connectivity index (χ0) is 14.0. The molecule has 0 aromatic carbocycles. The van der Waals surface area contributed by atoms with Gasteiger partial charge in [-0.1, -0.05) is 26.2 Å². The molecule has 0 aliphatic heterocycles. The van der Waals surface area contributed by atoms with E-state index in [4.69, 9.17) is 11.5 Å². The molecule has 102 valence electrons. The molecule has 5 nitrogen and oxygen atoms in total. The number of hydrogen-bond donors (Lipinski definition) is 2. The van der Waals surface area contributed by atoms with Gasteiger partial charge in [0.2, 0.25) is 0 Å². The van der Waals surface area contributed by atoms with Crippen molar-refractivity contribution in [2.24, 2.45) is 5.92 Å². The van der Waals surface area contributed by atoms with E-state index in [0.717, 1.165) is 12.8 Å². The minimum atomic E-state index is -0.842. The number of rotatable bonds is 8. The third kappa shape index (κ3) is 6.79. The van der Waals surface area contributed by atoms with Crippen LogP contribution in [0.1, 0.15) is 33.1 Å². The lowest BCUT2D eigenvalue weighted by atomic mass is 10.0. The maximum atomic E-state index is 11.8. The monoisotopic (exact) mass is 254 g/mol. The molecule has 0 heterocycles. The molecule has 0 bridgehead atoms. The summed E-state index contributed by atoms with van der Waals surface area (Å²) in [5.74, 6) is 1.55. The molecule has 0 aromatic rings. The van der Waals surface area contributed by atoms with Crippen molar-refractivity contribution in [1.29, 1.82) is 0 Å². The molecule has 0 saturated carbocycles. The van der Waals surface area contributed by atoms with Crippen LogP contribution in [-0.2, 0) is 4.79 Å². The van der Waals surface area contributed by atoms with E-state index in [2.05, 4.69) is 11.2 Å². The summed E-state index contributed by atoms with van der Waals surface area (Å²) in [6.45, 7) is 5.12. The molecule has 0 radical (unpaired) electrons. The maximum absolute atomic E-state index is 11.8. The molecule has 18 heavy (non-hydrogen) atoms. The first kappa shape index (κ1) is 16.3. The minimum Gasteiger partial charge on any atom is -0.481 e. The number of carboxylic acids is 1. The van der Waals surface area contributed by atoms with Crippen molar-refractivity contribution in [3.63, 3.8) is 0 Å². The number of nitrogens with one attached hydrogen (secondary N) is 1. The predicted molar refractivity (Wildman–Crippen MR) is 70.1 cm³/mol. The summed E-state index contributed by atoms with van der Waals surface area (Å²) in [7, 11) is 0. The van der Waals surface area contributed by atoms with Crippen molar-refractivity contribution in [3.05, 3.63) is 0 Å². The van der Waals surface area contributed by atoms with E-state index >= 15 is 0 Å². The van der Waals surface area contributed by atoms with Crippen LogP contribution in [0.15, 0.2) is 0 Å². The number of carbonyl (C=O) groups excluding carboxylic acids is 1. The first-order chi connectivity index (χ1) is 8.54. The van der Waals surface area contributed by atoms with Gasteiger partial charge in [0.05, 0.1) is 6.54 Å². The first-order valence-electron chi connectivity index (χ1n) is 6.23. The zero-order valence-corrected chi connectivity index (χ0v) is 11.1. The average Bonchev–Trinajstić information content (AvgIpc) is 2.33. The number of urea groups is 1. The largest absolute Gasteiger partial charge is 0.481 e. The number of hydrogen-bond acceptors (Lipinski definition) is 2. The number of nitrogens with zero attached hydrogens (tertiary/aromatic N) is 1. The molecule has 0 saturated heterocycles. The second-order valence-electron chi connectivity index (χ2n) is 4.18. The van der Waals surface area contributed by atoms with Crippen LogP contribution in [0.25, 0.3) is 0 Å². The maximum Gasteiger partial charge on any atom is 0.318 e. The fourth-order valence-electron chi connectivity index (χ4n) is 1.58. The predicted octanol–water partition coefficient (Wildman–Crippen LogP) is 1.54. The van der Waals surface area contributed by atoms with Crippen LogP contribution >= 0.6 is 0 Å². The summed E-state index contributed by atoms with van der Waals surface area (Å²) >= 11 is 0. The van der Waals surface area contributed by atoms with Gasteiger partial charge in [-0.2, -0.15) is 0 Å². The fraction of sp³-hybridized carbons (Fsp3) is 0.692. The van der Waals surface area contributed by atoms with Crippen LogP contribution in [-0.4, -0.2) is 41.6 Å². The molecule has 2 amide bonds. The van der Waals surface area contributed by atoms with Crippen LogP contribution in [0, 0.1) is 18.3 Å². The molecular weight excluding hydrogens is 232 g/mol. The third-order valence-electron chi connectivity index (χ3n) is 2.65. The molecule has 0 aliphatic rings. The Morgan fingerprint density at radius 2 is 2.11 bits per heavy atom. The van der Waals surface area contributed by atoms with E-state index in [1.54, 1.807) is 4.90 Å². The lowest BCUT2D eigenvalue weighted by molar-refractivity contribution is -0.138. The van der Waals surface area contributed by atoms with E-state index in [-0.39, 0.29) is 24.9 Å². The van der Waals surface area contributed by atoms with Crippen molar-refractivity contribution in [2.45, 2.75) is 33.1 Å². The Kier molecular flexibility index (Phi) is 8.46. The third-order valence-corrected chi connectivity index (χ3v) is 2.65. The molecule has 5 heteroatoms. The number of aliphatic carboxylic acids is 1.